The standard InChI is InChI=1S/C13H21ClN4/c1-9(2)11-10(3)15-13(16-12(11)14)18-7-5-17(4)6-8-18/h9H,5-8H2,1-4H3. The van der Waals surface area contributed by atoms with Crippen molar-refractivity contribution >= 4 is 17.5 Å². The largest absolute Gasteiger partial charge is 0.338 e. The summed E-state index contributed by atoms with van der Waals surface area (Å²) in [5.41, 5.74) is 2.06. The number of anilines is 1. The third kappa shape index (κ3) is 2.75. The molecular weight excluding hydrogens is 248 g/mol. The molecule has 5 heteroatoms. The van der Waals surface area contributed by atoms with E-state index in [4.69, 9.17) is 11.6 Å². The lowest BCUT2D eigenvalue weighted by atomic mass is 10.0. The summed E-state index contributed by atoms with van der Waals surface area (Å²) < 4.78 is 0. The van der Waals surface area contributed by atoms with Crippen molar-refractivity contribution in [2.24, 2.45) is 0 Å². The second-order valence-corrected chi connectivity index (χ2v) is 5.62. The highest BCUT2D eigenvalue weighted by Crippen LogP contribution is 2.27. The summed E-state index contributed by atoms with van der Waals surface area (Å²) >= 11 is 6.29. The fourth-order valence-corrected chi connectivity index (χ4v) is 2.77. The van der Waals surface area contributed by atoms with Crippen LogP contribution in [0.3, 0.4) is 0 Å². The van der Waals surface area contributed by atoms with E-state index in [1.165, 1.54) is 0 Å². The number of halogens is 1. The van der Waals surface area contributed by atoms with Crippen molar-refractivity contribution in [3.8, 4) is 0 Å². The van der Waals surface area contributed by atoms with Crippen LogP contribution in [0.2, 0.25) is 5.15 Å². The van der Waals surface area contributed by atoms with Crippen molar-refractivity contribution in [3.05, 3.63) is 16.4 Å². The Morgan fingerprint density at radius 3 is 2.22 bits per heavy atom. The van der Waals surface area contributed by atoms with Gasteiger partial charge < -0.3 is 9.80 Å². The zero-order valence-electron chi connectivity index (χ0n) is 11.6. The van der Waals surface area contributed by atoms with Crippen LogP contribution in [-0.4, -0.2) is 48.1 Å². The van der Waals surface area contributed by atoms with Gasteiger partial charge >= 0.3 is 0 Å². The molecule has 0 spiro atoms. The van der Waals surface area contributed by atoms with Crippen molar-refractivity contribution in [1.82, 2.24) is 14.9 Å². The Bertz CT molecular complexity index is 402. The zero-order valence-corrected chi connectivity index (χ0v) is 12.3. The third-order valence-corrected chi connectivity index (χ3v) is 3.73. The number of aromatic nitrogens is 2. The monoisotopic (exact) mass is 268 g/mol. The minimum atomic E-state index is 0.360. The smallest absolute Gasteiger partial charge is 0.227 e. The predicted octanol–water partition coefficient (Wildman–Crippen LogP) is 2.31. The average Bonchev–Trinajstić information content (AvgIpc) is 2.28. The van der Waals surface area contributed by atoms with Crippen LogP contribution in [0.25, 0.3) is 0 Å². The average molecular weight is 269 g/mol. The van der Waals surface area contributed by atoms with Crippen molar-refractivity contribution in [1.29, 1.82) is 0 Å². The SMILES string of the molecule is Cc1nc(N2CCN(C)CC2)nc(Cl)c1C(C)C. The summed E-state index contributed by atoms with van der Waals surface area (Å²) in [4.78, 5) is 13.6. The van der Waals surface area contributed by atoms with Crippen LogP contribution < -0.4 is 4.90 Å². The first-order chi connectivity index (χ1) is 8.49. The molecule has 2 rings (SSSR count). The third-order valence-electron chi connectivity index (χ3n) is 3.44. The lowest BCUT2D eigenvalue weighted by Gasteiger charge is -2.32. The molecule has 0 N–H and O–H groups in total. The highest BCUT2D eigenvalue weighted by molar-refractivity contribution is 6.30. The number of aryl methyl sites for hydroxylation is 1. The molecule has 0 amide bonds. The summed E-state index contributed by atoms with van der Waals surface area (Å²) in [6.45, 7) is 10.3. The van der Waals surface area contributed by atoms with Crippen molar-refractivity contribution < 1.29 is 0 Å². The highest BCUT2D eigenvalue weighted by Gasteiger charge is 2.19. The van der Waals surface area contributed by atoms with E-state index >= 15 is 0 Å². The van der Waals surface area contributed by atoms with E-state index in [-0.39, 0.29) is 0 Å². The van der Waals surface area contributed by atoms with Gasteiger partial charge in [0.1, 0.15) is 5.15 Å². The Hall–Kier alpha value is -0.870. The van der Waals surface area contributed by atoms with Crippen LogP contribution in [0.1, 0.15) is 31.0 Å². The number of hydrogen-bond acceptors (Lipinski definition) is 4. The second kappa shape index (κ2) is 5.41. The molecule has 1 fully saturated rings. The lowest BCUT2D eigenvalue weighted by molar-refractivity contribution is 0.311. The molecule has 0 aromatic carbocycles. The topological polar surface area (TPSA) is 32.3 Å². The van der Waals surface area contributed by atoms with Gasteiger partial charge in [0, 0.05) is 37.4 Å². The van der Waals surface area contributed by atoms with E-state index < -0.39 is 0 Å². The van der Waals surface area contributed by atoms with Crippen LogP contribution in [0, 0.1) is 6.92 Å². The molecular formula is C13H21ClN4. The Kier molecular flexibility index (Phi) is 4.07. The molecule has 4 nitrogen and oxygen atoms in total. The van der Waals surface area contributed by atoms with Crippen molar-refractivity contribution in [3.63, 3.8) is 0 Å². The Balaban J connectivity index is 2.25. The molecule has 0 unspecified atom stereocenters. The number of likely N-dealkylation sites (N-methyl/N-ethyl adjacent to an activating group) is 1. The Labute approximate surface area is 114 Å². The number of rotatable bonds is 2. The van der Waals surface area contributed by atoms with Gasteiger partial charge in [0.2, 0.25) is 5.95 Å². The van der Waals surface area contributed by atoms with E-state index in [0.29, 0.717) is 11.1 Å². The number of nitrogens with zero attached hydrogens (tertiary/aromatic N) is 4. The molecule has 1 aromatic rings. The van der Waals surface area contributed by atoms with E-state index in [1.54, 1.807) is 0 Å². The van der Waals surface area contributed by atoms with Crippen LogP contribution in [-0.2, 0) is 0 Å². The van der Waals surface area contributed by atoms with Gasteiger partial charge in [-0.05, 0) is 19.9 Å². The molecule has 1 aromatic heterocycles. The van der Waals surface area contributed by atoms with E-state index in [2.05, 4.69) is 40.7 Å². The molecule has 18 heavy (non-hydrogen) atoms. The molecule has 1 aliphatic heterocycles. The molecule has 0 aliphatic carbocycles. The lowest BCUT2D eigenvalue weighted by Crippen LogP contribution is -2.45. The molecule has 0 bridgehead atoms. The Morgan fingerprint density at radius 2 is 1.72 bits per heavy atom. The molecule has 0 radical (unpaired) electrons. The van der Waals surface area contributed by atoms with Gasteiger partial charge in [-0.15, -0.1) is 0 Å². The van der Waals surface area contributed by atoms with Crippen LogP contribution >= 0.6 is 11.6 Å². The number of hydrogen-bond donors (Lipinski definition) is 0. The normalized spacial score (nSPS) is 17.6. The van der Waals surface area contributed by atoms with Gasteiger partial charge in [-0.25, -0.2) is 9.97 Å². The molecule has 1 saturated heterocycles. The van der Waals surface area contributed by atoms with Crippen LogP contribution in [0.15, 0.2) is 0 Å². The van der Waals surface area contributed by atoms with E-state index in [0.717, 1.165) is 43.4 Å². The molecule has 100 valence electrons. The van der Waals surface area contributed by atoms with Crippen molar-refractivity contribution in [2.45, 2.75) is 26.7 Å². The van der Waals surface area contributed by atoms with E-state index in [1.807, 2.05) is 6.92 Å². The van der Waals surface area contributed by atoms with Crippen molar-refractivity contribution in [2.75, 3.05) is 38.1 Å². The van der Waals surface area contributed by atoms with Gasteiger partial charge in [0.05, 0.1) is 0 Å². The van der Waals surface area contributed by atoms with Gasteiger partial charge in [-0.3, -0.25) is 0 Å². The first-order valence-corrected chi connectivity index (χ1v) is 6.84. The fourth-order valence-electron chi connectivity index (χ4n) is 2.34. The second-order valence-electron chi connectivity index (χ2n) is 5.26. The summed E-state index contributed by atoms with van der Waals surface area (Å²) in [6.07, 6.45) is 0. The first-order valence-electron chi connectivity index (χ1n) is 6.46. The van der Waals surface area contributed by atoms with E-state index in [9.17, 15) is 0 Å². The molecule has 0 saturated carbocycles. The minimum Gasteiger partial charge on any atom is -0.338 e. The predicted molar refractivity (Wildman–Crippen MR) is 75.6 cm³/mol. The fraction of sp³-hybridized carbons (Fsp3) is 0.692. The summed E-state index contributed by atoms with van der Waals surface area (Å²) in [5.74, 6) is 1.13. The first kappa shape index (κ1) is 13.6. The zero-order chi connectivity index (χ0) is 13.3. The quantitative estimate of drug-likeness (QED) is 0.771. The van der Waals surface area contributed by atoms with Gasteiger partial charge in [-0.1, -0.05) is 25.4 Å². The van der Waals surface area contributed by atoms with Gasteiger partial charge in [0.15, 0.2) is 0 Å². The van der Waals surface area contributed by atoms with Gasteiger partial charge in [-0.2, -0.15) is 0 Å². The molecule has 2 heterocycles. The Morgan fingerprint density at radius 1 is 1.11 bits per heavy atom. The molecule has 1 aliphatic rings. The number of piperazine rings is 1. The van der Waals surface area contributed by atoms with Crippen LogP contribution in [0.5, 0.6) is 0 Å². The minimum absolute atomic E-state index is 0.360. The maximum absolute atomic E-state index is 6.29. The van der Waals surface area contributed by atoms with Crippen LogP contribution in [0.4, 0.5) is 5.95 Å². The summed E-state index contributed by atoms with van der Waals surface area (Å²) in [6, 6.07) is 0. The molecule has 0 atom stereocenters. The maximum atomic E-state index is 6.29. The summed E-state index contributed by atoms with van der Waals surface area (Å²) in [7, 11) is 2.14. The van der Waals surface area contributed by atoms with Gasteiger partial charge in [0.25, 0.3) is 0 Å². The summed E-state index contributed by atoms with van der Waals surface area (Å²) in [5, 5.41) is 0.603. The highest BCUT2D eigenvalue weighted by atomic mass is 35.5. The maximum Gasteiger partial charge on any atom is 0.227 e.